The Bertz CT molecular complexity index is 1280. The molecule has 1 N–H and O–H groups in total. The Morgan fingerprint density at radius 1 is 0.950 bits per heavy atom. The lowest BCUT2D eigenvalue weighted by atomic mass is 9.94. The summed E-state index contributed by atoms with van der Waals surface area (Å²) in [6.45, 7) is 4.13. The van der Waals surface area contributed by atoms with E-state index in [2.05, 4.69) is 19.2 Å². The lowest BCUT2D eigenvalue weighted by Gasteiger charge is -2.33. The smallest absolute Gasteiger partial charge is 0.261 e. The summed E-state index contributed by atoms with van der Waals surface area (Å²) in [7, 11) is 0. The summed E-state index contributed by atoms with van der Waals surface area (Å²) in [5.74, 6) is 0.463. The van der Waals surface area contributed by atoms with E-state index in [1.54, 1.807) is 23.1 Å². The van der Waals surface area contributed by atoms with E-state index in [0.717, 1.165) is 36.8 Å². The molecule has 0 radical (unpaired) electrons. The third-order valence-electron chi connectivity index (χ3n) is 7.47. The standard InChI is InChI=1S/C33H38Cl2N2O3/c1-23(2)28-15-9-10-16-31(28)40-22-32(38)37(21-25-17-18-26(34)20-29(25)35)30(19-24-11-5-3-6-12-24)33(39)36-27-13-7-4-8-14-27/h3,5-6,9-12,15-18,20,23,27,30H,4,7-8,13-14,19,21-22H2,1-2H3,(H,36,39)/t30-/m1/s1. The van der Waals surface area contributed by atoms with Crippen LogP contribution in [0.15, 0.2) is 72.8 Å². The van der Waals surface area contributed by atoms with Gasteiger partial charge in [-0.15, -0.1) is 0 Å². The summed E-state index contributed by atoms with van der Waals surface area (Å²) in [6.07, 6.45) is 5.67. The average Bonchev–Trinajstić information content (AvgIpc) is 2.95. The molecule has 212 valence electrons. The number of benzene rings is 3. The molecule has 0 unspecified atom stereocenters. The maximum atomic E-state index is 14.0. The number of hydrogen-bond acceptors (Lipinski definition) is 3. The van der Waals surface area contributed by atoms with Crippen molar-refractivity contribution in [2.24, 2.45) is 0 Å². The Hall–Kier alpha value is -3.02. The van der Waals surface area contributed by atoms with Crippen molar-refractivity contribution in [3.8, 4) is 5.75 Å². The minimum Gasteiger partial charge on any atom is -0.483 e. The first-order valence-electron chi connectivity index (χ1n) is 14.1. The molecule has 0 aliphatic heterocycles. The number of carbonyl (C=O) groups is 2. The Labute approximate surface area is 247 Å². The third kappa shape index (κ3) is 8.25. The maximum Gasteiger partial charge on any atom is 0.261 e. The molecule has 40 heavy (non-hydrogen) atoms. The molecule has 1 aliphatic rings. The van der Waals surface area contributed by atoms with E-state index in [0.29, 0.717) is 27.8 Å². The second-order valence-electron chi connectivity index (χ2n) is 10.8. The molecule has 1 aliphatic carbocycles. The molecule has 3 aromatic rings. The van der Waals surface area contributed by atoms with Gasteiger partial charge in [0, 0.05) is 29.1 Å². The lowest BCUT2D eigenvalue weighted by Crippen LogP contribution is -2.53. The first kappa shape index (κ1) is 30.0. The minimum atomic E-state index is -0.743. The molecule has 4 rings (SSSR count). The normalized spacial score (nSPS) is 14.5. The van der Waals surface area contributed by atoms with Crippen LogP contribution in [0.4, 0.5) is 0 Å². The predicted octanol–water partition coefficient (Wildman–Crippen LogP) is 7.58. The van der Waals surface area contributed by atoms with Gasteiger partial charge in [0.25, 0.3) is 5.91 Å². The van der Waals surface area contributed by atoms with Crippen LogP contribution in [0.3, 0.4) is 0 Å². The zero-order chi connectivity index (χ0) is 28.5. The molecule has 5 nitrogen and oxygen atoms in total. The number of nitrogens with one attached hydrogen (secondary N) is 1. The maximum absolute atomic E-state index is 14.0. The highest BCUT2D eigenvalue weighted by Crippen LogP contribution is 2.27. The summed E-state index contributed by atoms with van der Waals surface area (Å²) in [5, 5.41) is 4.21. The van der Waals surface area contributed by atoms with Crippen molar-refractivity contribution in [2.45, 2.75) is 76.9 Å². The number of para-hydroxylation sites is 1. The van der Waals surface area contributed by atoms with Gasteiger partial charge in [-0.2, -0.15) is 0 Å². The van der Waals surface area contributed by atoms with Crippen LogP contribution in [0.25, 0.3) is 0 Å². The van der Waals surface area contributed by atoms with Crippen LogP contribution in [0.2, 0.25) is 10.0 Å². The monoisotopic (exact) mass is 580 g/mol. The van der Waals surface area contributed by atoms with Gasteiger partial charge in [0.2, 0.25) is 5.91 Å². The van der Waals surface area contributed by atoms with Crippen LogP contribution in [0.5, 0.6) is 5.75 Å². The van der Waals surface area contributed by atoms with E-state index >= 15 is 0 Å². The Morgan fingerprint density at radius 2 is 1.65 bits per heavy atom. The number of amides is 2. The fourth-order valence-corrected chi connectivity index (χ4v) is 5.71. The van der Waals surface area contributed by atoms with E-state index in [4.69, 9.17) is 27.9 Å². The van der Waals surface area contributed by atoms with Gasteiger partial charge >= 0.3 is 0 Å². The molecule has 0 aromatic heterocycles. The van der Waals surface area contributed by atoms with E-state index in [1.807, 2.05) is 54.6 Å². The Morgan fingerprint density at radius 3 is 2.35 bits per heavy atom. The molecule has 1 fully saturated rings. The highest BCUT2D eigenvalue weighted by molar-refractivity contribution is 6.35. The van der Waals surface area contributed by atoms with Crippen LogP contribution in [-0.4, -0.2) is 35.4 Å². The van der Waals surface area contributed by atoms with Gasteiger partial charge < -0.3 is 15.0 Å². The molecular formula is C33H38Cl2N2O3. The van der Waals surface area contributed by atoms with Crippen LogP contribution < -0.4 is 10.1 Å². The van der Waals surface area contributed by atoms with Crippen molar-refractivity contribution in [3.63, 3.8) is 0 Å². The van der Waals surface area contributed by atoms with E-state index < -0.39 is 6.04 Å². The zero-order valence-electron chi connectivity index (χ0n) is 23.2. The second kappa shape index (κ2) is 14.6. The van der Waals surface area contributed by atoms with Gasteiger partial charge in [0.15, 0.2) is 6.61 Å². The molecule has 7 heteroatoms. The topological polar surface area (TPSA) is 58.6 Å². The van der Waals surface area contributed by atoms with E-state index in [1.165, 1.54) is 6.42 Å². The third-order valence-corrected chi connectivity index (χ3v) is 8.06. The Balaban J connectivity index is 1.65. The van der Waals surface area contributed by atoms with Crippen LogP contribution in [0, 0.1) is 0 Å². The zero-order valence-corrected chi connectivity index (χ0v) is 24.8. The first-order valence-corrected chi connectivity index (χ1v) is 14.9. The first-order chi connectivity index (χ1) is 19.3. The molecule has 1 saturated carbocycles. The van der Waals surface area contributed by atoms with Gasteiger partial charge in [-0.25, -0.2) is 0 Å². The Kier molecular flexibility index (Phi) is 10.9. The number of halogens is 2. The summed E-state index contributed by atoms with van der Waals surface area (Å²) >= 11 is 12.7. The molecule has 0 heterocycles. The fourth-order valence-electron chi connectivity index (χ4n) is 5.24. The van der Waals surface area contributed by atoms with Crippen LogP contribution in [-0.2, 0) is 22.6 Å². The molecule has 1 atom stereocenters. The van der Waals surface area contributed by atoms with Gasteiger partial charge in [0.1, 0.15) is 11.8 Å². The number of rotatable bonds is 11. The average molecular weight is 582 g/mol. The minimum absolute atomic E-state index is 0.116. The van der Waals surface area contributed by atoms with Gasteiger partial charge in [-0.3, -0.25) is 9.59 Å². The molecule has 0 spiro atoms. The van der Waals surface area contributed by atoms with Crippen LogP contribution in [0.1, 0.15) is 68.6 Å². The quantitative estimate of drug-likeness (QED) is 0.254. The highest BCUT2D eigenvalue weighted by Gasteiger charge is 2.32. The molecular weight excluding hydrogens is 543 g/mol. The molecule has 0 bridgehead atoms. The number of ether oxygens (including phenoxy) is 1. The van der Waals surface area contributed by atoms with Gasteiger partial charge in [0.05, 0.1) is 0 Å². The van der Waals surface area contributed by atoms with E-state index in [-0.39, 0.29) is 36.9 Å². The SMILES string of the molecule is CC(C)c1ccccc1OCC(=O)N(Cc1ccc(Cl)cc1Cl)[C@H](Cc1ccccc1)C(=O)NC1CCCCC1. The lowest BCUT2D eigenvalue weighted by molar-refractivity contribution is -0.143. The molecule has 2 amide bonds. The summed E-state index contributed by atoms with van der Waals surface area (Å²) in [5.41, 5.74) is 2.71. The van der Waals surface area contributed by atoms with Crippen molar-refractivity contribution in [1.82, 2.24) is 10.2 Å². The predicted molar refractivity (Wildman–Crippen MR) is 162 cm³/mol. The number of hydrogen-bond donors (Lipinski definition) is 1. The summed E-state index contributed by atoms with van der Waals surface area (Å²) < 4.78 is 6.08. The van der Waals surface area contributed by atoms with Crippen molar-refractivity contribution >= 4 is 35.0 Å². The number of carbonyl (C=O) groups excluding carboxylic acids is 2. The van der Waals surface area contributed by atoms with Crippen molar-refractivity contribution in [1.29, 1.82) is 0 Å². The summed E-state index contributed by atoms with van der Waals surface area (Å²) in [6, 6.07) is 22.1. The van der Waals surface area contributed by atoms with E-state index in [9.17, 15) is 9.59 Å². The van der Waals surface area contributed by atoms with Crippen molar-refractivity contribution in [3.05, 3.63) is 99.5 Å². The fraction of sp³-hybridized carbons (Fsp3) is 0.394. The largest absolute Gasteiger partial charge is 0.483 e. The molecule has 3 aromatic carbocycles. The summed E-state index contributed by atoms with van der Waals surface area (Å²) in [4.78, 5) is 29.5. The van der Waals surface area contributed by atoms with Gasteiger partial charge in [-0.05, 0) is 53.6 Å². The van der Waals surface area contributed by atoms with Gasteiger partial charge in [-0.1, -0.05) is 111 Å². The number of nitrogens with zero attached hydrogens (tertiary/aromatic N) is 1. The van der Waals surface area contributed by atoms with Crippen LogP contribution >= 0.6 is 23.2 Å². The molecule has 0 saturated heterocycles. The van der Waals surface area contributed by atoms with Crippen molar-refractivity contribution in [2.75, 3.05) is 6.61 Å². The highest BCUT2D eigenvalue weighted by atomic mass is 35.5. The van der Waals surface area contributed by atoms with Crippen molar-refractivity contribution < 1.29 is 14.3 Å². The second-order valence-corrected chi connectivity index (χ2v) is 11.6.